The molecule has 176 valence electrons. The maximum atomic E-state index is 13.4. The van der Waals surface area contributed by atoms with Crippen molar-refractivity contribution in [3.8, 4) is 33.6 Å². The maximum Gasteiger partial charge on any atom is 0.367 e. The highest BCUT2D eigenvalue weighted by molar-refractivity contribution is 6.30. The summed E-state index contributed by atoms with van der Waals surface area (Å²) in [5, 5.41) is 13.7. The number of pyridine rings is 1. The number of halogens is 1. The zero-order valence-electron chi connectivity index (χ0n) is 19.2. The van der Waals surface area contributed by atoms with Gasteiger partial charge >= 0.3 is 5.69 Å². The van der Waals surface area contributed by atoms with Crippen LogP contribution in [-0.2, 0) is 6.54 Å². The Labute approximate surface area is 210 Å². The van der Waals surface area contributed by atoms with Gasteiger partial charge in [-0.25, -0.2) is 9.48 Å². The van der Waals surface area contributed by atoms with Gasteiger partial charge < -0.3 is 4.52 Å². The molecule has 0 unspecified atom stereocenters. The molecule has 0 radical (unpaired) electrons. The average Bonchev–Trinajstić information content (AvgIpc) is 3.54. The first-order chi connectivity index (χ1) is 17.6. The largest absolute Gasteiger partial charge is 0.367 e. The molecule has 0 fully saturated rings. The molecule has 4 aromatic heterocycles. The molecule has 2 aromatic carbocycles. The molecule has 0 saturated heterocycles. The Bertz CT molecular complexity index is 1720. The van der Waals surface area contributed by atoms with E-state index in [9.17, 15) is 4.79 Å². The van der Waals surface area contributed by atoms with Crippen molar-refractivity contribution in [3.63, 3.8) is 0 Å². The Morgan fingerprint density at radius 2 is 1.50 bits per heavy atom. The second-order valence-corrected chi connectivity index (χ2v) is 8.76. The minimum Gasteiger partial charge on any atom is -0.356 e. The van der Waals surface area contributed by atoms with E-state index in [0.717, 1.165) is 33.4 Å². The highest BCUT2D eigenvalue weighted by Gasteiger charge is 2.21. The molecule has 6 aromatic rings. The van der Waals surface area contributed by atoms with Crippen LogP contribution in [0.25, 0.3) is 39.2 Å². The number of hydrogen-bond donors (Lipinski definition) is 0. The van der Waals surface area contributed by atoms with Gasteiger partial charge in [-0.1, -0.05) is 53.2 Å². The number of fused-ring (bicyclic) bond motifs is 1. The van der Waals surface area contributed by atoms with Gasteiger partial charge in [0.1, 0.15) is 0 Å². The van der Waals surface area contributed by atoms with E-state index >= 15 is 0 Å². The summed E-state index contributed by atoms with van der Waals surface area (Å²) in [6, 6.07) is 20.9. The molecule has 0 saturated carbocycles. The highest BCUT2D eigenvalue weighted by atomic mass is 35.5. The molecule has 0 N–H and O–H groups in total. The fourth-order valence-electron chi connectivity index (χ4n) is 4.31. The van der Waals surface area contributed by atoms with E-state index in [2.05, 4.69) is 15.2 Å². The average molecular weight is 495 g/mol. The van der Waals surface area contributed by atoms with Crippen molar-refractivity contribution in [1.82, 2.24) is 29.5 Å². The summed E-state index contributed by atoms with van der Waals surface area (Å²) in [4.78, 5) is 17.5. The summed E-state index contributed by atoms with van der Waals surface area (Å²) < 4.78 is 8.02. The Hall–Kier alpha value is -4.56. The summed E-state index contributed by atoms with van der Waals surface area (Å²) >= 11 is 6.14. The van der Waals surface area contributed by atoms with Crippen LogP contribution in [0.15, 0.2) is 94.6 Å². The Morgan fingerprint density at radius 1 is 0.806 bits per heavy atom. The predicted molar refractivity (Wildman–Crippen MR) is 137 cm³/mol. The van der Waals surface area contributed by atoms with Crippen LogP contribution in [0.3, 0.4) is 0 Å². The first-order valence-electron chi connectivity index (χ1n) is 11.3. The number of nitrogens with zero attached hydrogens (tertiary/aromatic N) is 6. The quantitative estimate of drug-likeness (QED) is 0.323. The molecule has 0 aliphatic carbocycles. The molecule has 0 spiro atoms. The maximum absolute atomic E-state index is 13.4. The van der Waals surface area contributed by atoms with E-state index in [1.807, 2.05) is 67.6 Å². The zero-order chi connectivity index (χ0) is 24.6. The third-order valence-electron chi connectivity index (χ3n) is 6.01. The topological polar surface area (TPSA) is 91.1 Å². The van der Waals surface area contributed by atoms with Gasteiger partial charge in [-0.3, -0.25) is 4.98 Å². The standard InChI is InChI=1S/C27H19ClN6O2/c1-17-24(20-6-8-22(28)9-7-20)25(21-10-13-29-14-11-21)26-32-33(27(35)34(26)31-17)16-18-2-4-19(5-3-18)23-12-15-30-36-23/h2-15H,16H2,1H3. The van der Waals surface area contributed by atoms with E-state index < -0.39 is 0 Å². The first kappa shape index (κ1) is 21.9. The SMILES string of the molecule is Cc1nn2c(=O)n(Cc3ccc(-c4ccno4)cc3)nc2c(-c2ccncc2)c1-c1ccc(Cl)cc1. The van der Waals surface area contributed by atoms with Gasteiger partial charge in [-0.05, 0) is 47.9 Å². The molecule has 0 amide bonds. The van der Waals surface area contributed by atoms with Crippen LogP contribution < -0.4 is 5.69 Å². The number of aryl methyl sites for hydroxylation is 1. The van der Waals surface area contributed by atoms with Crippen molar-refractivity contribution in [3.05, 3.63) is 112 Å². The lowest BCUT2D eigenvalue weighted by molar-refractivity contribution is 0.432. The molecule has 0 aliphatic rings. The lowest BCUT2D eigenvalue weighted by Gasteiger charge is -2.13. The molecule has 6 rings (SSSR count). The fourth-order valence-corrected chi connectivity index (χ4v) is 4.44. The minimum atomic E-state index is -0.314. The molecule has 0 bridgehead atoms. The van der Waals surface area contributed by atoms with Crippen LogP contribution in [0.1, 0.15) is 11.3 Å². The summed E-state index contributed by atoms with van der Waals surface area (Å²) in [6.45, 7) is 2.18. The lowest BCUT2D eigenvalue weighted by Crippen LogP contribution is -2.23. The summed E-state index contributed by atoms with van der Waals surface area (Å²) in [7, 11) is 0. The van der Waals surface area contributed by atoms with Crippen LogP contribution >= 0.6 is 11.6 Å². The molecule has 8 nitrogen and oxygen atoms in total. The van der Waals surface area contributed by atoms with Gasteiger partial charge in [-0.15, -0.1) is 5.10 Å². The van der Waals surface area contributed by atoms with E-state index in [1.165, 1.54) is 9.20 Å². The van der Waals surface area contributed by atoms with Crippen LogP contribution in [0.2, 0.25) is 5.02 Å². The van der Waals surface area contributed by atoms with Crippen LogP contribution in [-0.4, -0.2) is 29.5 Å². The van der Waals surface area contributed by atoms with Crippen LogP contribution in [0.5, 0.6) is 0 Å². The van der Waals surface area contributed by atoms with Gasteiger partial charge in [-0.2, -0.15) is 9.61 Å². The third-order valence-corrected chi connectivity index (χ3v) is 6.27. The predicted octanol–water partition coefficient (Wildman–Crippen LogP) is 5.29. The van der Waals surface area contributed by atoms with E-state index in [1.54, 1.807) is 24.7 Å². The van der Waals surface area contributed by atoms with Gasteiger partial charge in [0.15, 0.2) is 11.4 Å². The number of aromatic nitrogens is 6. The Morgan fingerprint density at radius 3 is 2.19 bits per heavy atom. The van der Waals surface area contributed by atoms with Crippen molar-refractivity contribution >= 4 is 17.2 Å². The molecule has 36 heavy (non-hydrogen) atoms. The van der Waals surface area contributed by atoms with Crippen molar-refractivity contribution < 1.29 is 4.52 Å². The Kier molecular flexibility index (Phi) is 5.42. The molecule has 0 aliphatic heterocycles. The second-order valence-electron chi connectivity index (χ2n) is 8.33. The molecule has 9 heteroatoms. The monoisotopic (exact) mass is 494 g/mol. The first-order valence-corrected chi connectivity index (χ1v) is 11.6. The van der Waals surface area contributed by atoms with Gasteiger partial charge in [0.05, 0.1) is 18.4 Å². The fraction of sp³-hybridized carbons (Fsp3) is 0.0741. The normalized spacial score (nSPS) is 11.3. The summed E-state index contributed by atoms with van der Waals surface area (Å²) in [5.41, 5.74) is 6.21. The lowest BCUT2D eigenvalue weighted by atomic mass is 9.95. The third kappa shape index (κ3) is 3.87. The zero-order valence-corrected chi connectivity index (χ0v) is 19.9. The number of hydrogen-bond acceptors (Lipinski definition) is 6. The van der Waals surface area contributed by atoms with Crippen molar-refractivity contribution in [2.75, 3.05) is 0 Å². The summed E-state index contributed by atoms with van der Waals surface area (Å²) in [5.74, 6) is 0.683. The van der Waals surface area contributed by atoms with Gasteiger partial charge in [0.2, 0.25) is 0 Å². The second kappa shape index (κ2) is 8.90. The van der Waals surface area contributed by atoms with Gasteiger partial charge in [0, 0.05) is 40.2 Å². The molecular weight excluding hydrogens is 476 g/mol. The molecular formula is C27H19ClN6O2. The molecule has 4 heterocycles. The highest BCUT2D eigenvalue weighted by Crippen LogP contribution is 2.36. The van der Waals surface area contributed by atoms with E-state index in [4.69, 9.17) is 21.2 Å². The minimum absolute atomic E-state index is 0.296. The molecule has 0 atom stereocenters. The van der Waals surface area contributed by atoms with Crippen molar-refractivity contribution in [1.29, 1.82) is 0 Å². The van der Waals surface area contributed by atoms with Crippen LogP contribution in [0, 0.1) is 6.92 Å². The summed E-state index contributed by atoms with van der Waals surface area (Å²) in [6.07, 6.45) is 5.05. The Balaban J connectivity index is 1.50. The number of rotatable bonds is 5. The van der Waals surface area contributed by atoms with E-state index in [-0.39, 0.29) is 5.69 Å². The smallest absolute Gasteiger partial charge is 0.356 e. The van der Waals surface area contributed by atoms with E-state index in [0.29, 0.717) is 28.7 Å². The van der Waals surface area contributed by atoms with Crippen molar-refractivity contribution in [2.24, 2.45) is 0 Å². The van der Waals surface area contributed by atoms with Crippen LogP contribution in [0.4, 0.5) is 0 Å². The number of benzene rings is 2. The van der Waals surface area contributed by atoms with Crippen molar-refractivity contribution in [2.45, 2.75) is 13.5 Å². The van der Waals surface area contributed by atoms with Gasteiger partial charge in [0.25, 0.3) is 0 Å².